The fourth-order valence-electron chi connectivity index (χ4n) is 1.85. The zero-order valence-electron chi connectivity index (χ0n) is 8.92. The average molecular weight is 302 g/mol. The van der Waals surface area contributed by atoms with Crippen LogP contribution in [-0.2, 0) is 4.79 Å². The number of amides is 1. The lowest BCUT2D eigenvalue weighted by Gasteiger charge is -2.18. The molecule has 1 atom stereocenters. The van der Waals surface area contributed by atoms with Crippen LogP contribution >= 0.6 is 15.9 Å². The van der Waals surface area contributed by atoms with Crippen LogP contribution < -0.4 is 4.90 Å². The van der Waals surface area contributed by atoms with E-state index in [0.717, 1.165) is 6.07 Å². The maximum Gasteiger partial charge on any atom is 0.227 e. The van der Waals surface area contributed by atoms with Crippen molar-refractivity contribution in [2.24, 2.45) is 5.92 Å². The topological polar surface area (TPSA) is 20.3 Å². The molecular formula is C12H10BrF2NO. The molecule has 17 heavy (non-hydrogen) atoms. The lowest BCUT2D eigenvalue weighted by Crippen LogP contribution is -2.25. The molecule has 0 saturated carbocycles. The quantitative estimate of drug-likeness (QED) is 0.606. The number of anilines is 1. The van der Waals surface area contributed by atoms with Gasteiger partial charge >= 0.3 is 0 Å². The van der Waals surface area contributed by atoms with Gasteiger partial charge in [0.1, 0.15) is 0 Å². The van der Waals surface area contributed by atoms with Crippen LogP contribution in [0.4, 0.5) is 14.5 Å². The van der Waals surface area contributed by atoms with Crippen LogP contribution in [0.3, 0.4) is 0 Å². The van der Waals surface area contributed by atoms with E-state index >= 15 is 0 Å². The fourth-order valence-corrected chi connectivity index (χ4v) is 2.39. The van der Waals surface area contributed by atoms with Crippen LogP contribution in [0.15, 0.2) is 29.3 Å². The Morgan fingerprint density at radius 3 is 2.76 bits per heavy atom. The monoisotopic (exact) mass is 301 g/mol. The molecule has 1 unspecified atom stereocenters. The van der Waals surface area contributed by atoms with Gasteiger partial charge in [0.15, 0.2) is 11.6 Å². The van der Waals surface area contributed by atoms with E-state index in [1.54, 1.807) is 6.08 Å². The van der Waals surface area contributed by atoms with Crippen LogP contribution in [0.2, 0.25) is 0 Å². The minimum Gasteiger partial charge on any atom is -0.311 e. The highest BCUT2D eigenvalue weighted by Gasteiger charge is 2.30. The average Bonchev–Trinajstić information content (AvgIpc) is 2.68. The molecule has 0 spiro atoms. The van der Waals surface area contributed by atoms with Gasteiger partial charge in [-0.15, -0.1) is 6.58 Å². The molecule has 2 rings (SSSR count). The van der Waals surface area contributed by atoms with Gasteiger partial charge in [-0.1, -0.05) is 6.08 Å². The highest BCUT2D eigenvalue weighted by molar-refractivity contribution is 9.10. The number of carbonyl (C=O) groups is 1. The Balaban J connectivity index is 2.39. The molecule has 1 amide bonds. The first kappa shape index (κ1) is 12.2. The molecular weight excluding hydrogens is 292 g/mol. The second kappa shape index (κ2) is 4.56. The smallest absolute Gasteiger partial charge is 0.227 e. The van der Waals surface area contributed by atoms with E-state index in [2.05, 4.69) is 22.5 Å². The van der Waals surface area contributed by atoms with Gasteiger partial charge in [0.2, 0.25) is 5.91 Å². The van der Waals surface area contributed by atoms with E-state index in [9.17, 15) is 13.6 Å². The van der Waals surface area contributed by atoms with Crippen molar-refractivity contribution in [3.63, 3.8) is 0 Å². The number of nitrogens with zero attached hydrogens (tertiary/aromatic N) is 1. The highest BCUT2D eigenvalue weighted by atomic mass is 79.9. The summed E-state index contributed by atoms with van der Waals surface area (Å²) in [5, 5.41) is 0. The molecule has 1 heterocycles. The van der Waals surface area contributed by atoms with Gasteiger partial charge in [-0.3, -0.25) is 4.79 Å². The van der Waals surface area contributed by atoms with E-state index in [0.29, 0.717) is 18.7 Å². The maximum atomic E-state index is 13.4. The third kappa shape index (κ3) is 2.11. The summed E-state index contributed by atoms with van der Waals surface area (Å²) in [5.41, 5.74) is 0.359. The minimum atomic E-state index is -0.975. The first-order valence-corrected chi connectivity index (χ1v) is 5.90. The van der Waals surface area contributed by atoms with Gasteiger partial charge < -0.3 is 4.90 Å². The van der Waals surface area contributed by atoms with Crippen LogP contribution in [0, 0.1) is 17.6 Å². The summed E-state index contributed by atoms with van der Waals surface area (Å²) in [6.07, 6.45) is 2.06. The van der Waals surface area contributed by atoms with Crippen molar-refractivity contribution in [3.05, 3.63) is 40.9 Å². The van der Waals surface area contributed by atoms with Crippen LogP contribution in [0.1, 0.15) is 6.42 Å². The van der Waals surface area contributed by atoms with Crippen molar-refractivity contribution in [1.29, 1.82) is 0 Å². The number of hydrogen-bond acceptors (Lipinski definition) is 1. The van der Waals surface area contributed by atoms with Gasteiger partial charge in [-0.25, -0.2) is 8.78 Å². The van der Waals surface area contributed by atoms with Crippen molar-refractivity contribution in [1.82, 2.24) is 0 Å². The standard InChI is InChI=1S/C12H10BrF2NO/c1-2-7-5-10(17)16(6-7)9-4-3-8(14)12(15)11(9)13/h2-4,7H,1,5-6H2. The number of carbonyl (C=O) groups excluding carboxylic acids is 1. The summed E-state index contributed by atoms with van der Waals surface area (Å²) in [5.74, 6) is -1.96. The molecule has 0 radical (unpaired) electrons. The van der Waals surface area contributed by atoms with E-state index in [-0.39, 0.29) is 16.3 Å². The zero-order valence-corrected chi connectivity index (χ0v) is 10.5. The number of benzene rings is 1. The summed E-state index contributed by atoms with van der Waals surface area (Å²) >= 11 is 2.98. The lowest BCUT2D eigenvalue weighted by molar-refractivity contribution is -0.117. The molecule has 1 fully saturated rings. The number of hydrogen-bond donors (Lipinski definition) is 0. The SMILES string of the molecule is C=CC1CC(=O)N(c2ccc(F)c(F)c2Br)C1. The third-order valence-electron chi connectivity index (χ3n) is 2.79. The summed E-state index contributed by atoms with van der Waals surface area (Å²) in [6, 6.07) is 2.41. The van der Waals surface area contributed by atoms with Crippen molar-refractivity contribution in [2.45, 2.75) is 6.42 Å². The minimum absolute atomic E-state index is 0.0180. The Labute approximate surface area is 106 Å². The number of rotatable bonds is 2. The van der Waals surface area contributed by atoms with Crippen molar-refractivity contribution < 1.29 is 13.6 Å². The van der Waals surface area contributed by atoms with Crippen molar-refractivity contribution in [3.8, 4) is 0 Å². The van der Waals surface area contributed by atoms with Gasteiger partial charge in [-0.05, 0) is 28.1 Å². The predicted octanol–water partition coefficient (Wildman–Crippen LogP) is 3.27. The van der Waals surface area contributed by atoms with Gasteiger partial charge in [0.05, 0.1) is 10.2 Å². The molecule has 0 bridgehead atoms. The molecule has 1 aromatic rings. The molecule has 1 aliphatic heterocycles. The maximum absolute atomic E-state index is 13.4. The van der Waals surface area contributed by atoms with E-state index in [4.69, 9.17) is 0 Å². The Hall–Kier alpha value is -1.23. The predicted molar refractivity (Wildman–Crippen MR) is 64.7 cm³/mol. The van der Waals surface area contributed by atoms with Gasteiger partial charge in [-0.2, -0.15) is 0 Å². The summed E-state index contributed by atoms with van der Waals surface area (Å²) in [6.45, 7) is 4.09. The molecule has 0 aromatic heterocycles. The van der Waals surface area contributed by atoms with E-state index in [1.165, 1.54) is 11.0 Å². The second-order valence-corrected chi connectivity index (χ2v) is 4.69. The third-order valence-corrected chi connectivity index (χ3v) is 3.55. The summed E-state index contributed by atoms with van der Waals surface area (Å²) in [4.78, 5) is 13.2. The molecule has 1 aromatic carbocycles. The Bertz CT molecular complexity index is 490. The fraction of sp³-hybridized carbons (Fsp3) is 0.250. The summed E-state index contributed by atoms with van der Waals surface area (Å²) < 4.78 is 26.3. The van der Waals surface area contributed by atoms with Crippen LogP contribution in [0.25, 0.3) is 0 Å². The molecule has 1 saturated heterocycles. The second-order valence-electron chi connectivity index (χ2n) is 3.90. The Kier molecular flexibility index (Phi) is 3.28. The lowest BCUT2D eigenvalue weighted by atomic mass is 10.1. The largest absolute Gasteiger partial charge is 0.311 e. The first-order valence-electron chi connectivity index (χ1n) is 5.11. The first-order chi connectivity index (χ1) is 8.04. The van der Waals surface area contributed by atoms with E-state index < -0.39 is 11.6 Å². The van der Waals surface area contributed by atoms with Crippen LogP contribution in [0.5, 0.6) is 0 Å². The van der Waals surface area contributed by atoms with Crippen molar-refractivity contribution in [2.75, 3.05) is 11.4 Å². The number of halogens is 3. The zero-order chi connectivity index (χ0) is 12.6. The molecule has 0 N–H and O–H groups in total. The molecule has 0 aliphatic carbocycles. The Morgan fingerprint density at radius 1 is 1.47 bits per heavy atom. The van der Waals surface area contributed by atoms with Crippen molar-refractivity contribution >= 4 is 27.5 Å². The molecule has 1 aliphatic rings. The molecule has 2 nitrogen and oxygen atoms in total. The molecule has 90 valence electrons. The van der Waals surface area contributed by atoms with Gasteiger partial charge in [0, 0.05) is 18.9 Å². The highest BCUT2D eigenvalue weighted by Crippen LogP contribution is 2.34. The van der Waals surface area contributed by atoms with Gasteiger partial charge in [0.25, 0.3) is 0 Å². The normalized spacial score (nSPS) is 19.8. The summed E-state index contributed by atoms with van der Waals surface area (Å²) in [7, 11) is 0. The Morgan fingerprint density at radius 2 is 2.18 bits per heavy atom. The van der Waals surface area contributed by atoms with E-state index in [1.807, 2.05) is 0 Å². The molecule has 5 heteroatoms. The van der Waals surface area contributed by atoms with Crippen LogP contribution in [-0.4, -0.2) is 12.5 Å².